The molecule has 0 spiro atoms. The van der Waals surface area contributed by atoms with Crippen molar-refractivity contribution >= 4 is 0 Å². The van der Waals surface area contributed by atoms with Crippen LogP contribution in [0, 0.1) is 0 Å². The fraction of sp³-hybridized carbons (Fsp3) is 0.312. The molecule has 0 bridgehead atoms. The smallest absolute Gasteiger partial charge is 0.260 e. The summed E-state index contributed by atoms with van der Waals surface area (Å²) in [7, 11) is 0. The third-order valence-electron chi connectivity index (χ3n) is 3.06. The first-order chi connectivity index (χ1) is 9.19. The highest BCUT2D eigenvalue weighted by Crippen LogP contribution is 2.38. The molecule has 1 aromatic heterocycles. The highest BCUT2D eigenvalue weighted by molar-refractivity contribution is 5.67. The fourth-order valence-electron chi connectivity index (χ4n) is 1.95. The molecule has 0 radical (unpaired) electrons. The van der Waals surface area contributed by atoms with E-state index in [9.17, 15) is 13.2 Å². The number of pyridine rings is 1. The van der Waals surface area contributed by atoms with E-state index in [4.69, 9.17) is 0 Å². The maximum Gasteiger partial charge on any atom is 0.417 e. The standard InChI is InChI=1S/C16H16F3N/c1-15(2,3)14-9-13(16(17,18)19)12(10-20-14)11-7-5-4-6-8-11/h4-10H,1-3H3. The van der Waals surface area contributed by atoms with Crippen molar-refractivity contribution in [1.29, 1.82) is 0 Å². The Balaban J connectivity index is 2.65. The number of hydrogen-bond acceptors (Lipinski definition) is 1. The SMILES string of the molecule is CC(C)(C)c1cc(C(F)(F)F)c(-c2ccccc2)cn1. The molecule has 20 heavy (non-hydrogen) atoms. The van der Waals surface area contributed by atoms with E-state index in [1.165, 1.54) is 6.20 Å². The highest BCUT2D eigenvalue weighted by Gasteiger charge is 2.35. The number of benzene rings is 1. The zero-order valence-corrected chi connectivity index (χ0v) is 11.6. The minimum atomic E-state index is -4.39. The Morgan fingerprint density at radius 2 is 1.55 bits per heavy atom. The van der Waals surface area contributed by atoms with E-state index in [-0.39, 0.29) is 5.56 Å². The van der Waals surface area contributed by atoms with Crippen molar-refractivity contribution in [3.05, 3.63) is 53.9 Å². The lowest BCUT2D eigenvalue weighted by Crippen LogP contribution is -2.17. The van der Waals surface area contributed by atoms with Crippen LogP contribution in [0.3, 0.4) is 0 Å². The molecule has 2 rings (SSSR count). The summed E-state index contributed by atoms with van der Waals surface area (Å²) in [5, 5.41) is 0. The summed E-state index contributed by atoms with van der Waals surface area (Å²) >= 11 is 0. The van der Waals surface area contributed by atoms with Crippen molar-refractivity contribution in [2.75, 3.05) is 0 Å². The summed E-state index contributed by atoms with van der Waals surface area (Å²) in [6, 6.07) is 9.67. The summed E-state index contributed by atoms with van der Waals surface area (Å²) in [5.41, 5.74) is 0.0156. The summed E-state index contributed by atoms with van der Waals surface area (Å²) in [5.74, 6) is 0. The lowest BCUT2D eigenvalue weighted by atomic mass is 9.89. The van der Waals surface area contributed by atoms with Crippen LogP contribution in [0.5, 0.6) is 0 Å². The Morgan fingerprint density at radius 3 is 2.05 bits per heavy atom. The van der Waals surface area contributed by atoms with Crippen molar-refractivity contribution in [1.82, 2.24) is 4.98 Å². The summed E-state index contributed by atoms with van der Waals surface area (Å²) in [6.07, 6.45) is -3.08. The van der Waals surface area contributed by atoms with E-state index < -0.39 is 17.2 Å². The monoisotopic (exact) mass is 279 g/mol. The first kappa shape index (κ1) is 14.6. The van der Waals surface area contributed by atoms with E-state index >= 15 is 0 Å². The van der Waals surface area contributed by atoms with Gasteiger partial charge in [-0.3, -0.25) is 4.98 Å². The van der Waals surface area contributed by atoms with Crippen LogP contribution in [-0.4, -0.2) is 4.98 Å². The number of nitrogens with zero attached hydrogens (tertiary/aromatic N) is 1. The second-order valence-electron chi connectivity index (χ2n) is 5.73. The third-order valence-corrected chi connectivity index (χ3v) is 3.06. The van der Waals surface area contributed by atoms with E-state index in [0.717, 1.165) is 6.07 Å². The van der Waals surface area contributed by atoms with Gasteiger partial charge in [-0.1, -0.05) is 51.1 Å². The topological polar surface area (TPSA) is 12.9 Å². The average molecular weight is 279 g/mol. The van der Waals surface area contributed by atoms with Crippen molar-refractivity contribution in [3.63, 3.8) is 0 Å². The first-order valence-electron chi connectivity index (χ1n) is 6.33. The highest BCUT2D eigenvalue weighted by atomic mass is 19.4. The number of aromatic nitrogens is 1. The largest absolute Gasteiger partial charge is 0.417 e. The van der Waals surface area contributed by atoms with Crippen LogP contribution in [0.4, 0.5) is 13.2 Å². The molecule has 0 atom stereocenters. The van der Waals surface area contributed by atoms with Crippen molar-refractivity contribution in [2.24, 2.45) is 0 Å². The Bertz CT molecular complexity index is 595. The van der Waals surface area contributed by atoms with Gasteiger partial charge in [-0.25, -0.2) is 0 Å². The van der Waals surface area contributed by atoms with Crippen LogP contribution in [0.1, 0.15) is 32.0 Å². The van der Waals surface area contributed by atoms with E-state index in [1.807, 2.05) is 20.8 Å². The van der Waals surface area contributed by atoms with Crippen LogP contribution in [0.25, 0.3) is 11.1 Å². The summed E-state index contributed by atoms with van der Waals surface area (Å²) in [6.45, 7) is 5.53. The number of halogens is 3. The molecule has 0 fully saturated rings. The third kappa shape index (κ3) is 3.00. The Hall–Kier alpha value is -1.84. The van der Waals surface area contributed by atoms with Gasteiger partial charge in [0, 0.05) is 22.9 Å². The normalized spacial score (nSPS) is 12.5. The molecular weight excluding hydrogens is 263 g/mol. The predicted molar refractivity (Wildman–Crippen MR) is 73.4 cm³/mol. The van der Waals surface area contributed by atoms with Gasteiger partial charge in [-0.05, 0) is 11.6 Å². The molecule has 1 aromatic carbocycles. The maximum atomic E-state index is 13.3. The van der Waals surface area contributed by atoms with Crippen LogP contribution >= 0.6 is 0 Å². The van der Waals surface area contributed by atoms with Crippen LogP contribution in [0.2, 0.25) is 0 Å². The van der Waals surface area contributed by atoms with Gasteiger partial charge in [-0.2, -0.15) is 13.2 Å². The van der Waals surface area contributed by atoms with E-state index in [0.29, 0.717) is 11.3 Å². The van der Waals surface area contributed by atoms with Crippen LogP contribution in [0.15, 0.2) is 42.6 Å². The Morgan fingerprint density at radius 1 is 0.950 bits per heavy atom. The molecule has 1 heterocycles. The van der Waals surface area contributed by atoms with Crippen LogP contribution in [-0.2, 0) is 11.6 Å². The zero-order chi connectivity index (χ0) is 15.0. The number of rotatable bonds is 1. The van der Waals surface area contributed by atoms with Crippen molar-refractivity contribution in [2.45, 2.75) is 32.4 Å². The van der Waals surface area contributed by atoms with Gasteiger partial charge in [-0.15, -0.1) is 0 Å². The van der Waals surface area contributed by atoms with Gasteiger partial charge in [0.1, 0.15) is 0 Å². The van der Waals surface area contributed by atoms with Gasteiger partial charge in [0.25, 0.3) is 0 Å². The molecule has 2 aromatic rings. The molecule has 0 aliphatic carbocycles. The van der Waals surface area contributed by atoms with E-state index in [1.54, 1.807) is 30.3 Å². The predicted octanol–water partition coefficient (Wildman–Crippen LogP) is 5.06. The fourth-order valence-corrected chi connectivity index (χ4v) is 1.95. The molecule has 1 nitrogen and oxygen atoms in total. The molecule has 0 aliphatic heterocycles. The van der Waals surface area contributed by atoms with Gasteiger partial charge in [0.2, 0.25) is 0 Å². The zero-order valence-electron chi connectivity index (χ0n) is 11.6. The average Bonchev–Trinajstić information content (AvgIpc) is 2.37. The second-order valence-corrected chi connectivity index (χ2v) is 5.73. The van der Waals surface area contributed by atoms with Gasteiger partial charge in [0.05, 0.1) is 5.56 Å². The van der Waals surface area contributed by atoms with E-state index in [2.05, 4.69) is 4.98 Å². The van der Waals surface area contributed by atoms with Crippen LogP contribution < -0.4 is 0 Å². The molecule has 0 aliphatic rings. The van der Waals surface area contributed by atoms with Gasteiger partial charge < -0.3 is 0 Å². The Labute approximate surface area is 116 Å². The Kier molecular flexibility index (Phi) is 3.59. The summed E-state index contributed by atoms with van der Waals surface area (Å²) in [4.78, 5) is 4.20. The van der Waals surface area contributed by atoms with Crippen molar-refractivity contribution in [3.8, 4) is 11.1 Å². The molecule has 0 saturated heterocycles. The van der Waals surface area contributed by atoms with Crippen molar-refractivity contribution < 1.29 is 13.2 Å². The number of hydrogen-bond donors (Lipinski definition) is 0. The lowest BCUT2D eigenvalue weighted by Gasteiger charge is -2.21. The first-order valence-corrected chi connectivity index (χ1v) is 6.33. The molecule has 0 N–H and O–H groups in total. The molecule has 106 valence electrons. The summed E-state index contributed by atoms with van der Waals surface area (Å²) < 4.78 is 39.8. The molecule has 4 heteroatoms. The lowest BCUT2D eigenvalue weighted by molar-refractivity contribution is -0.137. The molecule has 0 saturated carbocycles. The second kappa shape index (κ2) is 4.93. The molecular formula is C16H16F3N. The molecule has 0 unspecified atom stereocenters. The van der Waals surface area contributed by atoms with Gasteiger partial charge >= 0.3 is 6.18 Å². The maximum absolute atomic E-state index is 13.3. The minimum absolute atomic E-state index is 0.117. The number of alkyl halides is 3. The molecule has 0 amide bonds. The quantitative estimate of drug-likeness (QED) is 0.710. The van der Waals surface area contributed by atoms with Gasteiger partial charge in [0.15, 0.2) is 0 Å². The minimum Gasteiger partial charge on any atom is -0.260 e.